The monoisotopic (exact) mass is 104 g/mol. The van der Waals surface area contributed by atoms with Gasteiger partial charge in [0, 0.05) is 0 Å². The molecule has 0 fully saturated rings. The Morgan fingerprint density at radius 3 is 2.40 bits per heavy atom. The summed E-state index contributed by atoms with van der Waals surface area (Å²) in [7, 11) is 0. The first kappa shape index (κ1) is 5.58. The van der Waals surface area contributed by atoms with Gasteiger partial charge in [0.2, 0.25) is 0 Å². The first-order valence-electron chi connectivity index (χ1n) is 1.90. The van der Waals surface area contributed by atoms with Gasteiger partial charge in [-0.15, -0.1) is 0 Å². The van der Waals surface area contributed by atoms with E-state index in [0.29, 0.717) is 0 Å². The molecule has 0 atom stereocenters. The Morgan fingerprint density at radius 2 is 2.40 bits per heavy atom. The van der Waals surface area contributed by atoms with Gasteiger partial charge in [-0.05, 0) is 0 Å². The molecule has 5 heavy (non-hydrogen) atoms. The number of rotatable bonds is 2. The van der Waals surface area contributed by atoms with E-state index in [1.54, 1.807) is 0 Å². The van der Waals surface area contributed by atoms with Crippen LogP contribution in [0.5, 0.6) is 0 Å². The SMILES string of the molecule is CCC[CH]=[Ti+2]. The molecule has 1 heteroatoms. The molecular weight excluding hydrogens is 95.9 g/mol. The summed E-state index contributed by atoms with van der Waals surface area (Å²) in [6.07, 6.45) is 2.55. The average Bonchev–Trinajstić information content (AvgIpc) is 1.41. The van der Waals surface area contributed by atoms with E-state index in [1.165, 1.54) is 12.8 Å². The zero-order chi connectivity index (χ0) is 4.12. The minimum atomic E-state index is 1.26. The molecule has 0 amide bonds. The van der Waals surface area contributed by atoms with Gasteiger partial charge in [0.05, 0.1) is 0 Å². The zero-order valence-corrected chi connectivity index (χ0v) is 5.05. The Balaban J connectivity index is 2.40. The number of hydrogen-bond acceptors (Lipinski definition) is 0. The summed E-state index contributed by atoms with van der Waals surface area (Å²) in [6, 6.07) is 0. The molecule has 0 unspecified atom stereocenters. The molecule has 0 rings (SSSR count). The van der Waals surface area contributed by atoms with Crippen LogP contribution >= 0.6 is 0 Å². The topological polar surface area (TPSA) is 0 Å². The summed E-state index contributed by atoms with van der Waals surface area (Å²) in [4.78, 5) is 0. The van der Waals surface area contributed by atoms with Crippen molar-refractivity contribution in [3.8, 4) is 0 Å². The van der Waals surface area contributed by atoms with Crippen molar-refractivity contribution in [1.82, 2.24) is 0 Å². The minimum absolute atomic E-state index is 1.26. The van der Waals surface area contributed by atoms with Crippen molar-refractivity contribution >= 4 is 4.31 Å². The first-order chi connectivity index (χ1) is 2.41. The maximum atomic E-state index is 2.18. The van der Waals surface area contributed by atoms with Gasteiger partial charge in [-0.3, -0.25) is 0 Å². The summed E-state index contributed by atoms with van der Waals surface area (Å²) >= 11 is 2.09. The number of unbranched alkanes of at least 4 members (excludes halogenated alkanes) is 1. The zero-order valence-electron chi connectivity index (χ0n) is 3.49. The van der Waals surface area contributed by atoms with E-state index in [0.717, 1.165) is 0 Å². The van der Waals surface area contributed by atoms with Crippen LogP contribution in [-0.4, -0.2) is 4.31 Å². The van der Waals surface area contributed by atoms with E-state index >= 15 is 0 Å². The van der Waals surface area contributed by atoms with Crippen LogP contribution in [0, 0.1) is 0 Å². The second-order valence-corrected chi connectivity index (χ2v) is 1.63. The van der Waals surface area contributed by atoms with Crippen LogP contribution in [0.3, 0.4) is 0 Å². The standard InChI is InChI=1S/C4H8.Ti/c1-3-4-2;/h1H,3-4H2,2H3;/q;+2. The van der Waals surface area contributed by atoms with Gasteiger partial charge in [0.25, 0.3) is 0 Å². The Kier molecular flexibility index (Phi) is 5.12. The van der Waals surface area contributed by atoms with Crippen LogP contribution in [0.15, 0.2) is 0 Å². The van der Waals surface area contributed by atoms with E-state index in [9.17, 15) is 0 Å². The van der Waals surface area contributed by atoms with E-state index in [-0.39, 0.29) is 0 Å². The van der Waals surface area contributed by atoms with Crippen molar-refractivity contribution in [3.63, 3.8) is 0 Å². The van der Waals surface area contributed by atoms with Crippen LogP contribution in [0.2, 0.25) is 0 Å². The second kappa shape index (κ2) is 4.58. The van der Waals surface area contributed by atoms with Crippen molar-refractivity contribution in [1.29, 1.82) is 0 Å². The third-order valence-electron chi connectivity index (χ3n) is 0.433. The predicted molar refractivity (Wildman–Crippen MR) is 21.0 cm³/mol. The molecule has 0 spiro atoms. The Morgan fingerprint density at radius 1 is 1.80 bits per heavy atom. The molecule has 0 aliphatic carbocycles. The maximum absolute atomic E-state index is 2.18. The van der Waals surface area contributed by atoms with Gasteiger partial charge < -0.3 is 0 Å². The summed E-state index contributed by atoms with van der Waals surface area (Å²) in [5.74, 6) is 0. The Labute approximate surface area is 44.5 Å². The molecule has 0 radical (unpaired) electrons. The fraction of sp³-hybridized carbons (Fsp3) is 0.750. The van der Waals surface area contributed by atoms with Crippen LogP contribution in [0.25, 0.3) is 0 Å². The van der Waals surface area contributed by atoms with Crippen molar-refractivity contribution < 1.29 is 20.0 Å². The molecule has 0 nitrogen and oxygen atoms in total. The number of hydrogen-bond donors (Lipinski definition) is 0. The third kappa shape index (κ3) is 4.58. The normalized spacial score (nSPS) is 7.80. The second-order valence-electron chi connectivity index (χ2n) is 0.993. The molecule has 0 aliphatic heterocycles. The summed E-state index contributed by atoms with van der Waals surface area (Å²) < 4.78 is 2.18. The van der Waals surface area contributed by atoms with Gasteiger partial charge >= 0.3 is 44.1 Å². The van der Waals surface area contributed by atoms with Crippen molar-refractivity contribution in [3.05, 3.63) is 0 Å². The van der Waals surface area contributed by atoms with Gasteiger partial charge in [-0.2, -0.15) is 0 Å². The van der Waals surface area contributed by atoms with Crippen molar-refractivity contribution in [2.24, 2.45) is 0 Å². The molecule has 26 valence electrons. The summed E-state index contributed by atoms with van der Waals surface area (Å²) in [5, 5.41) is 0. The van der Waals surface area contributed by atoms with Crippen LogP contribution in [0.1, 0.15) is 19.8 Å². The fourth-order valence-electron chi connectivity index (χ4n) is 0.144. The molecule has 0 aliphatic rings. The van der Waals surface area contributed by atoms with E-state index in [2.05, 4.69) is 31.2 Å². The molecule has 0 saturated carbocycles. The Bertz CT molecular complexity index is 24.8. The van der Waals surface area contributed by atoms with Gasteiger partial charge in [-0.1, -0.05) is 0 Å². The Hall–Kier alpha value is 0.584. The van der Waals surface area contributed by atoms with Crippen LogP contribution < -0.4 is 0 Å². The summed E-state index contributed by atoms with van der Waals surface area (Å²) in [6.45, 7) is 2.18. The van der Waals surface area contributed by atoms with Crippen LogP contribution in [0.4, 0.5) is 0 Å². The van der Waals surface area contributed by atoms with E-state index < -0.39 is 0 Å². The molecule has 0 bridgehead atoms. The third-order valence-corrected chi connectivity index (χ3v) is 0.884. The van der Waals surface area contributed by atoms with Gasteiger partial charge in [0.1, 0.15) is 0 Å². The van der Waals surface area contributed by atoms with E-state index in [1.807, 2.05) is 0 Å². The molecule has 0 saturated heterocycles. The van der Waals surface area contributed by atoms with Gasteiger partial charge in [0.15, 0.2) is 0 Å². The molecule has 0 N–H and O–H groups in total. The molecular formula is C4H8Ti+2. The summed E-state index contributed by atoms with van der Waals surface area (Å²) in [5.41, 5.74) is 0. The fourth-order valence-corrected chi connectivity index (χ4v) is 0.595. The molecule has 0 aromatic rings. The molecule has 0 aromatic heterocycles. The predicted octanol–water partition coefficient (Wildman–Crippen LogP) is 1.14. The van der Waals surface area contributed by atoms with Crippen molar-refractivity contribution in [2.75, 3.05) is 0 Å². The molecule has 0 aromatic carbocycles. The van der Waals surface area contributed by atoms with E-state index in [4.69, 9.17) is 0 Å². The average molecular weight is 104 g/mol. The van der Waals surface area contributed by atoms with Crippen LogP contribution in [-0.2, 0) is 20.0 Å². The van der Waals surface area contributed by atoms with Gasteiger partial charge in [-0.25, -0.2) is 0 Å². The van der Waals surface area contributed by atoms with Crippen molar-refractivity contribution in [2.45, 2.75) is 19.8 Å². The first-order valence-corrected chi connectivity index (χ1v) is 2.81. The molecule has 0 heterocycles. The quantitative estimate of drug-likeness (QED) is 0.460.